The van der Waals surface area contributed by atoms with E-state index in [1.807, 2.05) is 0 Å². The molecule has 0 spiro atoms. The maximum Gasteiger partial charge on any atom is 0.0582 e. The van der Waals surface area contributed by atoms with Crippen LogP contribution in [0.3, 0.4) is 0 Å². The second-order valence-corrected chi connectivity index (χ2v) is 1.84. The molecule has 0 unspecified atom stereocenters. The predicted octanol–water partition coefficient (Wildman–Crippen LogP) is -3.41. The van der Waals surface area contributed by atoms with Crippen molar-refractivity contribution in [2.75, 3.05) is 0 Å². The van der Waals surface area contributed by atoms with Gasteiger partial charge in [-0.1, -0.05) is 0 Å². The number of carboxylic acids is 2. The summed E-state index contributed by atoms with van der Waals surface area (Å²) in [5.41, 5.74) is 4.91. The molecule has 60 valence electrons. The zero-order valence-electron chi connectivity index (χ0n) is 5.91. The van der Waals surface area contributed by atoms with Gasteiger partial charge in [0.25, 0.3) is 0 Å². The molecule has 11 heavy (non-hydrogen) atoms. The standard InChI is InChI=1S/C5H9NO4.Zn/c6-3(5(9)10)1-2-4(7)8;/h3H,1-2,6H2,(H,7,8)(H,9,10);/p-2/t3-;/m0./s1. The summed E-state index contributed by atoms with van der Waals surface area (Å²) in [6.07, 6.45) is -0.500. The monoisotopic (exact) mass is 209 g/mol. The first-order chi connectivity index (χ1) is 4.54. The van der Waals surface area contributed by atoms with E-state index in [1.165, 1.54) is 0 Å². The fourth-order valence-electron chi connectivity index (χ4n) is 0.391. The molecule has 0 heterocycles. The smallest absolute Gasteiger partial charge is 0.0582 e. The minimum Gasteiger partial charge on any atom is -0.550 e. The molecular formula is C5H7NO4Zn-2. The molecule has 0 aliphatic heterocycles. The van der Waals surface area contributed by atoms with Crippen molar-refractivity contribution < 1.29 is 39.3 Å². The molecule has 0 rings (SSSR count). The van der Waals surface area contributed by atoms with Gasteiger partial charge in [0.15, 0.2) is 0 Å². The molecule has 2 N–H and O–H groups in total. The Morgan fingerprint density at radius 2 is 1.82 bits per heavy atom. The number of aliphatic carboxylic acids is 2. The number of rotatable bonds is 4. The third-order valence-electron chi connectivity index (χ3n) is 0.962. The summed E-state index contributed by atoms with van der Waals surface area (Å²) < 4.78 is 0. The van der Waals surface area contributed by atoms with Gasteiger partial charge in [0.05, 0.1) is 5.97 Å². The second kappa shape index (κ2) is 6.25. The van der Waals surface area contributed by atoms with Crippen molar-refractivity contribution in [3.8, 4) is 0 Å². The molecule has 0 aromatic carbocycles. The van der Waals surface area contributed by atoms with Crippen molar-refractivity contribution in [3.05, 3.63) is 0 Å². The minimum atomic E-state index is -1.44. The summed E-state index contributed by atoms with van der Waals surface area (Å²) in [4.78, 5) is 19.6. The molecule has 0 saturated heterocycles. The van der Waals surface area contributed by atoms with Crippen LogP contribution in [-0.4, -0.2) is 18.0 Å². The third kappa shape index (κ3) is 7.42. The molecule has 5 nitrogen and oxygen atoms in total. The quantitative estimate of drug-likeness (QED) is 0.487. The molecule has 0 fully saturated rings. The maximum atomic E-state index is 9.86. The van der Waals surface area contributed by atoms with E-state index in [4.69, 9.17) is 5.73 Å². The minimum absolute atomic E-state index is 0. The van der Waals surface area contributed by atoms with Crippen molar-refractivity contribution in [2.45, 2.75) is 18.9 Å². The van der Waals surface area contributed by atoms with Gasteiger partial charge in [-0.05, 0) is 12.8 Å². The summed E-state index contributed by atoms with van der Waals surface area (Å²) in [7, 11) is 0. The van der Waals surface area contributed by atoms with Crippen LogP contribution in [0.15, 0.2) is 0 Å². The first-order valence-electron chi connectivity index (χ1n) is 2.70. The molecule has 0 saturated carbocycles. The zero-order valence-corrected chi connectivity index (χ0v) is 8.88. The molecule has 0 amide bonds. The van der Waals surface area contributed by atoms with Crippen LogP contribution in [0, 0.1) is 0 Å². The largest absolute Gasteiger partial charge is 0.550 e. The van der Waals surface area contributed by atoms with Crippen LogP contribution in [0.4, 0.5) is 0 Å². The number of carbonyl (C=O) groups excluding carboxylic acids is 2. The summed E-state index contributed by atoms with van der Waals surface area (Å²) in [5, 5.41) is 19.6. The van der Waals surface area contributed by atoms with Crippen molar-refractivity contribution in [3.63, 3.8) is 0 Å². The van der Waals surface area contributed by atoms with E-state index >= 15 is 0 Å². The number of nitrogens with two attached hydrogens (primary N) is 1. The molecule has 0 radical (unpaired) electrons. The summed E-state index contributed by atoms with van der Waals surface area (Å²) in [6, 6.07) is -1.21. The van der Waals surface area contributed by atoms with Crippen molar-refractivity contribution in [1.29, 1.82) is 0 Å². The number of carbonyl (C=O) groups is 2. The maximum absolute atomic E-state index is 9.86. The van der Waals surface area contributed by atoms with Gasteiger partial charge in [0, 0.05) is 31.5 Å². The predicted molar refractivity (Wildman–Crippen MR) is 27.2 cm³/mol. The van der Waals surface area contributed by atoms with Crippen molar-refractivity contribution >= 4 is 11.9 Å². The Kier molecular flexibility index (Phi) is 7.46. The molecule has 0 aromatic rings. The SMILES string of the molecule is N[C@@H](CCC(=O)[O-])C(=O)[O-].[Zn]. The van der Waals surface area contributed by atoms with Gasteiger partial charge in [0.1, 0.15) is 0 Å². The second-order valence-electron chi connectivity index (χ2n) is 1.84. The van der Waals surface area contributed by atoms with E-state index in [1.54, 1.807) is 0 Å². The van der Waals surface area contributed by atoms with Gasteiger partial charge in [0.2, 0.25) is 0 Å². The fourth-order valence-corrected chi connectivity index (χ4v) is 0.391. The molecule has 1 atom stereocenters. The normalized spacial score (nSPS) is 11.4. The van der Waals surface area contributed by atoms with Gasteiger partial charge < -0.3 is 25.5 Å². The molecule has 0 aromatic heterocycles. The first kappa shape index (κ1) is 13.1. The Labute approximate surface area is 76.3 Å². The van der Waals surface area contributed by atoms with Gasteiger partial charge in [-0.25, -0.2) is 0 Å². The molecule has 0 aliphatic rings. The van der Waals surface area contributed by atoms with Crippen molar-refractivity contribution in [2.24, 2.45) is 5.73 Å². The molecule has 0 aliphatic carbocycles. The fraction of sp³-hybridized carbons (Fsp3) is 0.600. The van der Waals surface area contributed by atoms with Gasteiger partial charge >= 0.3 is 0 Å². The van der Waals surface area contributed by atoms with Gasteiger partial charge in [-0.2, -0.15) is 0 Å². The summed E-state index contributed by atoms with van der Waals surface area (Å²) >= 11 is 0. The van der Waals surface area contributed by atoms with Crippen molar-refractivity contribution in [1.82, 2.24) is 0 Å². The van der Waals surface area contributed by atoms with Crippen LogP contribution in [0.25, 0.3) is 0 Å². The van der Waals surface area contributed by atoms with Crippen LogP contribution in [0.2, 0.25) is 0 Å². The van der Waals surface area contributed by atoms with Gasteiger partial charge in [-0.15, -0.1) is 0 Å². The van der Waals surface area contributed by atoms with Gasteiger partial charge in [-0.3, -0.25) is 0 Å². The van der Waals surface area contributed by atoms with Crippen LogP contribution >= 0.6 is 0 Å². The average molecular weight is 211 g/mol. The van der Waals surface area contributed by atoms with E-state index < -0.39 is 18.0 Å². The topological polar surface area (TPSA) is 106 Å². The number of carboxylic acid groups (broad SMARTS) is 2. The van der Waals surface area contributed by atoms with E-state index in [0.717, 1.165) is 0 Å². The Morgan fingerprint density at radius 1 is 1.36 bits per heavy atom. The van der Waals surface area contributed by atoms with Crippen LogP contribution in [0.5, 0.6) is 0 Å². The molecule has 6 heteroatoms. The number of hydrogen-bond acceptors (Lipinski definition) is 5. The Bertz CT molecular complexity index is 149. The summed E-state index contributed by atoms with van der Waals surface area (Å²) in [5.74, 6) is -2.75. The Balaban J connectivity index is 0. The van der Waals surface area contributed by atoms with Crippen LogP contribution < -0.4 is 15.9 Å². The molecular weight excluding hydrogens is 203 g/mol. The molecule has 0 bridgehead atoms. The Hall–Kier alpha value is -0.477. The van der Waals surface area contributed by atoms with Crippen LogP contribution in [-0.2, 0) is 29.1 Å². The van der Waals surface area contributed by atoms with E-state index in [0.29, 0.717) is 0 Å². The first-order valence-corrected chi connectivity index (χ1v) is 2.70. The average Bonchev–Trinajstić information content (AvgIpc) is 1.82. The zero-order chi connectivity index (χ0) is 8.15. The van der Waals surface area contributed by atoms with E-state index in [2.05, 4.69) is 0 Å². The number of hydrogen-bond donors (Lipinski definition) is 1. The summed E-state index contributed by atoms with van der Waals surface area (Å²) in [6.45, 7) is 0. The third-order valence-corrected chi connectivity index (χ3v) is 0.962. The Morgan fingerprint density at radius 3 is 2.09 bits per heavy atom. The van der Waals surface area contributed by atoms with E-state index in [-0.39, 0.29) is 32.3 Å². The van der Waals surface area contributed by atoms with E-state index in [9.17, 15) is 19.8 Å². The van der Waals surface area contributed by atoms with Crippen LogP contribution in [0.1, 0.15) is 12.8 Å².